The number of carbonyl (C=O) groups is 1. The number of benzene rings is 1. The average Bonchev–Trinajstić information content (AvgIpc) is 2.70. The van der Waals surface area contributed by atoms with Gasteiger partial charge in [-0.05, 0) is 37.3 Å². The maximum absolute atomic E-state index is 12.4. The predicted octanol–water partition coefficient (Wildman–Crippen LogP) is 4.05. The van der Waals surface area contributed by atoms with Gasteiger partial charge in [-0.15, -0.1) is 0 Å². The summed E-state index contributed by atoms with van der Waals surface area (Å²) in [6.07, 6.45) is -1.66. The summed E-state index contributed by atoms with van der Waals surface area (Å²) in [6.45, 7) is 1.75. The van der Waals surface area contributed by atoms with Crippen molar-refractivity contribution in [2.45, 2.75) is 13.1 Å². The van der Waals surface area contributed by atoms with Gasteiger partial charge in [0.25, 0.3) is 0 Å². The van der Waals surface area contributed by atoms with Crippen molar-refractivity contribution in [2.75, 3.05) is 5.32 Å². The van der Waals surface area contributed by atoms with Gasteiger partial charge in [-0.25, -0.2) is 0 Å². The van der Waals surface area contributed by atoms with Crippen LogP contribution in [-0.4, -0.2) is 15.7 Å². The number of hydrogen-bond donors (Lipinski definition) is 1. The quantitative estimate of drug-likeness (QED) is 0.854. The smallest absolute Gasteiger partial charge is 0.323 e. The van der Waals surface area contributed by atoms with Gasteiger partial charge in [0.1, 0.15) is 5.15 Å². The highest BCUT2D eigenvalue weighted by atomic mass is 35.5. The summed E-state index contributed by atoms with van der Waals surface area (Å²) in [7, 11) is 1.68. The Labute approximate surface area is 135 Å². The first-order valence-electron chi connectivity index (χ1n) is 6.54. The van der Waals surface area contributed by atoms with Crippen molar-refractivity contribution >= 4 is 29.3 Å². The van der Waals surface area contributed by atoms with Crippen LogP contribution in [0.2, 0.25) is 5.15 Å². The minimum absolute atomic E-state index is 0.265. The zero-order chi connectivity index (χ0) is 17.2. The number of aromatic nitrogens is 2. The lowest BCUT2D eigenvalue weighted by Crippen LogP contribution is -2.09. The third kappa shape index (κ3) is 4.13. The Bertz CT molecular complexity index is 749. The van der Waals surface area contributed by atoms with Gasteiger partial charge in [0.2, 0.25) is 5.91 Å². The molecule has 0 saturated heterocycles. The van der Waals surface area contributed by atoms with E-state index in [0.717, 1.165) is 12.1 Å². The summed E-state index contributed by atoms with van der Waals surface area (Å²) in [5.74, 6) is -0.482. The van der Waals surface area contributed by atoms with Crippen molar-refractivity contribution in [1.29, 1.82) is 0 Å². The number of nitrogens with zero attached hydrogens (tertiary/aromatic N) is 2. The molecule has 1 aromatic carbocycles. The van der Waals surface area contributed by atoms with Crippen LogP contribution in [0.5, 0.6) is 0 Å². The molecule has 122 valence electrons. The SMILES string of the molecule is Cc1nn(C)c(Cl)c1/C=C/C(=O)Nc1ccc(C(F)(F)F)cc1. The topological polar surface area (TPSA) is 46.9 Å². The van der Waals surface area contributed by atoms with Gasteiger partial charge in [-0.3, -0.25) is 9.48 Å². The molecule has 1 heterocycles. The Hall–Kier alpha value is -2.28. The molecule has 0 atom stereocenters. The van der Waals surface area contributed by atoms with E-state index in [1.807, 2.05) is 0 Å². The van der Waals surface area contributed by atoms with E-state index in [0.29, 0.717) is 16.4 Å². The third-order valence-corrected chi connectivity index (χ3v) is 3.53. The zero-order valence-electron chi connectivity index (χ0n) is 12.3. The molecule has 0 unspecified atom stereocenters. The molecule has 8 heteroatoms. The summed E-state index contributed by atoms with van der Waals surface area (Å²) in [5, 5.41) is 6.96. The Kier molecular flexibility index (Phi) is 4.79. The van der Waals surface area contributed by atoms with E-state index in [-0.39, 0.29) is 5.69 Å². The molecule has 0 saturated carbocycles. The van der Waals surface area contributed by atoms with Gasteiger partial charge in [-0.2, -0.15) is 18.3 Å². The van der Waals surface area contributed by atoms with E-state index >= 15 is 0 Å². The summed E-state index contributed by atoms with van der Waals surface area (Å²) >= 11 is 6.03. The Balaban J connectivity index is 2.06. The van der Waals surface area contributed by atoms with Gasteiger partial charge < -0.3 is 5.32 Å². The number of hydrogen-bond acceptors (Lipinski definition) is 2. The van der Waals surface area contributed by atoms with Gasteiger partial charge in [0.15, 0.2) is 0 Å². The number of carbonyl (C=O) groups excluding carboxylic acids is 1. The van der Waals surface area contributed by atoms with Crippen LogP contribution >= 0.6 is 11.6 Å². The minimum Gasteiger partial charge on any atom is -0.323 e. The molecule has 0 aliphatic rings. The second kappa shape index (κ2) is 6.45. The first kappa shape index (κ1) is 17.1. The van der Waals surface area contributed by atoms with Crippen LogP contribution in [0.4, 0.5) is 18.9 Å². The number of aryl methyl sites for hydroxylation is 2. The van der Waals surface area contributed by atoms with E-state index in [1.165, 1.54) is 29.0 Å². The largest absolute Gasteiger partial charge is 0.416 e. The molecule has 2 rings (SSSR count). The summed E-state index contributed by atoms with van der Waals surface area (Å²) < 4.78 is 38.8. The van der Waals surface area contributed by atoms with Crippen LogP contribution in [0.3, 0.4) is 0 Å². The Morgan fingerprint density at radius 2 is 1.91 bits per heavy atom. The third-order valence-electron chi connectivity index (χ3n) is 3.08. The highest BCUT2D eigenvalue weighted by molar-refractivity contribution is 6.31. The fourth-order valence-corrected chi connectivity index (χ4v) is 2.16. The fourth-order valence-electron chi connectivity index (χ4n) is 1.92. The zero-order valence-corrected chi connectivity index (χ0v) is 13.0. The maximum atomic E-state index is 12.4. The van der Waals surface area contributed by atoms with Crippen LogP contribution in [0.1, 0.15) is 16.8 Å². The number of nitrogens with one attached hydrogen (secondary N) is 1. The lowest BCUT2D eigenvalue weighted by atomic mass is 10.2. The molecule has 4 nitrogen and oxygen atoms in total. The van der Waals surface area contributed by atoms with E-state index in [1.54, 1.807) is 14.0 Å². The first-order chi connectivity index (χ1) is 10.7. The molecule has 0 aliphatic heterocycles. The molecular formula is C15H13ClF3N3O. The second-order valence-electron chi connectivity index (χ2n) is 4.81. The van der Waals surface area contributed by atoms with Gasteiger partial charge >= 0.3 is 6.18 Å². The summed E-state index contributed by atoms with van der Waals surface area (Å²) in [6, 6.07) is 4.19. The lowest BCUT2D eigenvalue weighted by Gasteiger charge is -2.07. The van der Waals surface area contributed by atoms with E-state index in [9.17, 15) is 18.0 Å². The first-order valence-corrected chi connectivity index (χ1v) is 6.91. The molecule has 1 aromatic heterocycles. The Morgan fingerprint density at radius 3 is 2.39 bits per heavy atom. The minimum atomic E-state index is -4.41. The predicted molar refractivity (Wildman–Crippen MR) is 82.1 cm³/mol. The van der Waals surface area contributed by atoms with Gasteiger partial charge in [0, 0.05) is 24.4 Å². The highest BCUT2D eigenvalue weighted by Gasteiger charge is 2.29. The normalized spacial score (nSPS) is 11.9. The van der Waals surface area contributed by atoms with Gasteiger partial charge in [0.05, 0.1) is 11.3 Å². The van der Waals surface area contributed by atoms with Crippen LogP contribution < -0.4 is 5.32 Å². The summed E-state index contributed by atoms with van der Waals surface area (Å²) in [5.41, 5.74) is 0.762. The molecule has 0 aliphatic carbocycles. The molecule has 1 N–H and O–H groups in total. The number of halogens is 4. The molecule has 0 spiro atoms. The van der Waals surface area contributed by atoms with Crippen molar-refractivity contribution in [3.8, 4) is 0 Å². The maximum Gasteiger partial charge on any atom is 0.416 e. The van der Waals surface area contributed by atoms with E-state index in [4.69, 9.17) is 11.6 Å². The lowest BCUT2D eigenvalue weighted by molar-refractivity contribution is -0.137. The molecule has 2 aromatic rings. The average molecular weight is 344 g/mol. The molecule has 0 fully saturated rings. The standard InChI is InChI=1S/C15H13ClF3N3O/c1-9-12(14(16)22(2)21-9)7-8-13(23)20-11-5-3-10(4-6-11)15(17,18)19/h3-8H,1-2H3,(H,20,23)/b8-7+. The molecule has 23 heavy (non-hydrogen) atoms. The van der Waals surface area contributed by atoms with Crippen LogP contribution in [0, 0.1) is 6.92 Å². The Morgan fingerprint density at radius 1 is 1.30 bits per heavy atom. The van der Waals surface area contributed by atoms with Crippen molar-refractivity contribution in [3.05, 3.63) is 52.3 Å². The van der Waals surface area contributed by atoms with E-state index < -0.39 is 17.6 Å². The van der Waals surface area contributed by atoms with Crippen LogP contribution in [-0.2, 0) is 18.0 Å². The van der Waals surface area contributed by atoms with E-state index in [2.05, 4.69) is 10.4 Å². The van der Waals surface area contributed by atoms with Crippen molar-refractivity contribution in [2.24, 2.45) is 7.05 Å². The van der Waals surface area contributed by atoms with Crippen molar-refractivity contribution < 1.29 is 18.0 Å². The van der Waals surface area contributed by atoms with Crippen LogP contribution in [0.15, 0.2) is 30.3 Å². The van der Waals surface area contributed by atoms with Gasteiger partial charge in [-0.1, -0.05) is 11.6 Å². The molecule has 0 radical (unpaired) electrons. The number of alkyl halides is 3. The summed E-state index contributed by atoms with van der Waals surface area (Å²) in [4.78, 5) is 11.8. The second-order valence-corrected chi connectivity index (χ2v) is 5.17. The van der Waals surface area contributed by atoms with Crippen LogP contribution in [0.25, 0.3) is 6.08 Å². The highest BCUT2D eigenvalue weighted by Crippen LogP contribution is 2.29. The van der Waals surface area contributed by atoms with Crippen molar-refractivity contribution in [1.82, 2.24) is 9.78 Å². The van der Waals surface area contributed by atoms with Crippen molar-refractivity contribution in [3.63, 3.8) is 0 Å². The molecule has 1 amide bonds. The monoisotopic (exact) mass is 343 g/mol. The number of rotatable bonds is 3. The number of amides is 1. The fraction of sp³-hybridized carbons (Fsp3) is 0.200. The number of anilines is 1. The molecular weight excluding hydrogens is 331 g/mol. The molecule has 0 bridgehead atoms.